The molecular formula is C22H30Cl2F5N3O4S. The predicted molar refractivity (Wildman–Crippen MR) is 131 cm³/mol. The zero-order chi connectivity index (χ0) is 26.8. The van der Waals surface area contributed by atoms with E-state index in [0.29, 0.717) is 6.42 Å². The van der Waals surface area contributed by atoms with Gasteiger partial charge in [0.15, 0.2) is 0 Å². The molecule has 2 fully saturated rings. The Balaban J connectivity index is 0.00000481. The number of nitrogens with one attached hydrogen (secondary N) is 1. The Morgan fingerprint density at radius 2 is 1.70 bits per heavy atom. The number of carbonyl (C=O) groups is 1. The molecule has 0 aromatic heterocycles. The number of halogens is 7. The third kappa shape index (κ3) is 8.04. The molecule has 0 atom stereocenters. The van der Waals surface area contributed by atoms with Crippen molar-refractivity contribution in [1.82, 2.24) is 14.5 Å². The van der Waals surface area contributed by atoms with Gasteiger partial charge in [-0.3, -0.25) is 9.69 Å². The molecule has 212 valence electrons. The van der Waals surface area contributed by atoms with Crippen LogP contribution in [-0.4, -0.2) is 79.8 Å². The number of alkyl halides is 5. The van der Waals surface area contributed by atoms with E-state index >= 15 is 0 Å². The van der Waals surface area contributed by atoms with E-state index in [4.69, 9.17) is 11.6 Å². The molecule has 1 aromatic rings. The molecule has 3 rings (SSSR count). The second kappa shape index (κ2) is 12.2. The number of rotatable bonds is 8. The molecule has 2 aliphatic rings. The van der Waals surface area contributed by atoms with Crippen LogP contribution in [0.15, 0.2) is 18.2 Å². The minimum Gasteiger partial charge on any atom is -0.405 e. The Labute approximate surface area is 224 Å². The van der Waals surface area contributed by atoms with Gasteiger partial charge in [0, 0.05) is 51.1 Å². The van der Waals surface area contributed by atoms with Crippen LogP contribution in [0.2, 0.25) is 5.02 Å². The Morgan fingerprint density at radius 1 is 1.11 bits per heavy atom. The van der Waals surface area contributed by atoms with Gasteiger partial charge < -0.3 is 10.1 Å². The lowest BCUT2D eigenvalue weighted by Gasteiger charge is -2.50. The summed E-state index contributed by atoms with van der Waals surface area (Å²) in [5.41, 5.74) is -1.42. The minimum atomic E-state index is -5.05. The van der Waals surface area contributed by atoms with Crippen LogP contribution in [0, 0.1) is 0 Å². The highest BCUT2D eigenvalue weighted by molar-refractivity contribution is 7.89. The number of carbonyl (C=O) groups excluding carboxylic acids is 1. The largest absolute Gasteiger partial charge is 0.573 e. The summed E-state index contributed by atoms with van der Waals surface area (Å²) in [6.07, 6.45) is -5.38. The van der Waals surface area contributed by atoms with Crippen LogP contribution in [0.4, 0.5) is 22.0 Å². The normalized spacial score (nSPS) is 20.6. The van der Waals surface area contributed by atoms with Crippen molar-refractivity contribution in [3.8, 4) is 5.75 Å². The third-order valence-electron chi connectivity index (χ3n) is 6.68. The fourth-order valence-electron chi connectivity index (χ4n) is 4.78. The first-order valence-electron chi connectivity index (χ1n) is 11.6. The van der Waals surface area contributed by atoms with E-state index in [0.717, 1.165) is 6.07 Å². The van der Waals surface area contributed by atoms with Crippen LogP contribution in [0.25, 0.3) is 0 Å². The molecule has 1 heterocycles. The number of piperazine rings is 1. The third-order valence-corrected chi connectivity index (χ3v) is 9.07. The number of nitrogens with zero attached hydrogens (tertiary/aromatic N) is 2. The van der Waals surface area contributed by atoms with E-state index < -0.39 is 57.9 Å². The van der Waals surface area contributed by atoms with E-state index in [2.05, 4.69) is 10.1 Å². The second-order valence-electron chi connectivity index (χ2n) is 9.13. The van der Waals surface area contributed by atoms with Crippen LogP contribution < -0.4 is 10.1 Å². The predicted octanol–water partition coefficient (Wildman–Crippen LogP) is 4.70. The van der Waals surface area contributed by atoms with Gasteiger partial charge in [-0.1, -0.05) is 24.6 Å². The zero-order valence-corrected chi connectivity index (χ0v) is 22.5. The number of ether oxygens (including phenoxy) is 1. The monoisotopic (exact) mass is 597 g/mol. The molecule has 1 amide bonds. The molecule has 1 aromatic carbocycles. The highest BCUT2D eigenvalue weighted by Gasteiger charge is 2.48. The van der Waals surface area contributed by atoms with Crippen molar-refractivity contribution >= 4 is 39.9 Å². The average molecular weight is 598 g/mol. The lowest BCUT2D eigenvalue weighted by molar-refractivity contribution is -0.274. The Morgan fingerprint density at radius 3 is 2.24 bits per heavy atom. The molecule has 0 radical (unpaired) electrons. The zero-order valence-electron chi connectivity index (χ0n) is 20.1. The van der Waals surface area contributed by atoms with Gasteiger partial charge >= 0.3 is 6.36 Å². The van der Waals surface area contributed by atoms with Gasteiger partial charge in [-0.25, -0.2) is 17.2 Å². The van der Waals surface area contributed by atoms with E-state index in [1.165, 1.54) is 16.4 Å². The first-order chi connectivity index (χ1) is 16.7. The van der Waals surface area contributed by atoms with Crippen molar-refractivity contribution in [3.63, 3.8) is 0 Å². The summed E-state index contributed by atoms with van der Waals surface area (Å²) in [6.45, 7) is 2.56. The number of hydrogen-bond acceptors (Lipinski definition) is 5. The van der Waals surface area contributed by atoms with Crippen LogP contribution in [0.5, 0.6) is 5.75 Å². The fraction of sp³-hybridized carbons (Fsp3) is 0.682. The van der Waals surface area contributed by atoms with Gasteiger partial charge in [-0.2, -0.15) is 4.31 Å². The number of hydrogen-bond donors (Lipinski definition) is 1. The topological polar surface area (TPSA) is 79.0 Å². The first kappa shape index (κ1) is 31.8. The molecule has 0 unspecified atom stereocenters. The molecular weight excluding hydrogens is 568 g/mol. The number of sulfonamides is 1. The Hall–Kier alpha value is -1.41. The van der Waals surface area contributed by atoms with E-state index in [-0.39, 0.29) is 68.7 Å². The van der Waals surface area contributed by atoms with Crippen LogP contribution in [0.3, 0.4) is 0 Å². The van der Waals surface area contributed by atoms with Crippen molar-refractivity contribution in [1.29, 1.82) is 0 Å². The molecule has 1 aliphatic carbocycles. The molecule has 7 nitrogen and oxygen atoms in total. The minimum absolute atomic E-state index is 0. The van der Waals surface area contributed by atoms with Crippen molar-refractivity contribution in [2.24, 2.45) is 0 Å². The molecule has 0 bridgehead atoms. The number of benzene rings is 1. The summed E-state index contributed by atoms with van der Waals surface area (Å²) in [5.74, 6) is -4.55. The average Bonchev–Trinajstić information content (AvgIpc) is 2.78. The molecule has 15 heteroatoms. The molecule has 37 heavy (non-hydrogen) atoms. The van der Waals surface area contributed by atoms with E-state index in [1.54, 1.807) is 6.92 Å². The van der Waals surface area contributed by atoms with Gasteiger partial charge in [0.2, 0.25) is 15.9 Å². The van der Waals surface area contributed by atoms with E-state index in [9.17, 15) is 35.2 Å². The maximum atomic E-state index is 14.0. The highest BCUT2D eigenvalue weighted by atomic mass is 35.5. The quantitative estimate of drug-likeness (QED) is 0.440. The summed E-state index contributed by atoms with van der Waals surface area (Å²) in [6, 6.07) is 3.41. The molecule has 0 spiro atoms. The standard InChI is InChI=1S/C22H29ClF5N3O4S.ClH/c1-2-14-36(33,34)31-12-10-30(11-13-31)20(6-8-21(24,25)9-7-20)15-29-19(32)18-16(23)4-3-5-17(18)35-22(26,27)28;/h3-5H,2,6-15H2,1H3,(H,29,32);1H. The van der Waals surface area contributed by atoms with Gasteiger partial charge in [-0.15, -0.1) is 25.6 Å². The lowest BCUT2D eigenvalue weighted by Crippen LogP contribution is -2.63. The van der Waals surface area contributed by atoms with E-state index in [1.807, 2.05) is 4.90 Å². The van der Waals surface area contributed by atoms with Crippen molar-refractivity contribution < 1.29 is 39.9 Å². The van der Waals surface area contributed by atoms with Gasteiger partial charge in [0.1, 0.15) is 11.3 Å². The highest BCUT2D eigenvalue weighted by Crippen LogP contribution is 2.42. The SMILES string of the molecule is CCCS(=O)(=O)N1CCN(C2(CNC(=O)c3c(Cl)cccc3OC(F)(F)F)CCC(F)(F)CC2)CC1.Cl. The maximum Gasteiger partial charge on any atom is 0.573 e. The number of amides is 1. The first-order valence-corrected chi connectivity index (χ1v) is 13.6. The summed E-state index contributed by atoms with van der Waals surface area (Å²) in [5, 5.41) is 2.32. The summed E-state index contributed by atoms with van der Waals surface area (Å²) in [4.78, 5) is 14.8. The van der Waals surface area contributed by atoms with Gasteiger partial charge in [0.25, 0.3) is 5.91 Å². The lowest BCUT2D eigenvalue weighted by atomic mass is 9.78. The van der Waals surface area contributed by atoms with Crippen molar-refractivity contribution in [2.45, 2.75) is 56.9 Å². The van der Waals surface area contributed by atoms with Crippen molar-refractivity contribution in [2.75, 3.05) is 38.5 Å². The molecule has 1 saturated heterocycles. The van der Waals surface area contributed by atoms with Crippen LogP contribution >= 0.6 is 24.0 Å². The van der Waals surface area contributed by atoms with Crippen LogP contribution in [-0.2, 0) is 10.0 Å². The summed E-state index contributed by atoms with van der Waals surface area (Å²) < 4.78 is 96.6. The fourth-order valence-corrected chi connectivity index (χ4v) is 6.53. The van der Waals surface area contributed by atoms with Crippen molar-refractivity contribution in [3.05, 3.63) is 28.8 Å². The summed E-state index contributed by atoms with van der Waals surface area (Å²) >= 11 is 6.00. The van der Waals surface area contributed by atoms with Gasteiger partial charge in [0.05, 0.1) is 10.8 Å². The second-order valence-corrected chi connectivity index (χ2v) is 11.6. The smallest absolute Gasteiger partial charge is 0.405 e. The maximum absolute atomic E-state index is 14.0. The molecule has 1 aliphatic heterocycles. The Kier molecular flexibility index (Phi) is 10.5. The van der Waals surface area contributed by atoms with Gasteiger partial charge in [-0.05, 0) is 31.4 Å². The summed E-state index contributed by atoms with van der Waals surface area (Å²) in [7, 11) is -3.42. The Bertz CT molecular complexity index is 1040. The molecule has 1 N–H and O–H groups in total. The molecule has 1 saturated carbocycles. The van der Waals surface area contributed by atoms with Crippen LogP contribution in [0.1, 0.15) is 49.4 Å².